The number of rotatable bonds is 8. The molecule has 0 heterocycles. The summed E-state index contributed by atoms with van der Waals surface area (Å²) in [7, 11) is 0. The predicted octanol–water partition coefficient (Wildman–Crippen LogP) is 3.63. The molecule has 0 aliphatic rings. The van der Waals surface area contributed by atoms with Crippen molar-refractivity contribution in [3.05, 3.63) is 60.2 Å². The van der Waals surface area contributed by atoms with Crippen LogP contribution in [0.5, 0.6) is 5.75 Å². The summed E-state index contributed by atoms with van der Waals surface area (Å²) in [6.45, 7) is 4.17. The Kier molecular flexibility index (Phi) is 7.77. The molecule has 122 valence electrons. The van der Waals surface area contributed by atoms with Crippen molar-refractivity contribution in [3.63, 3.8) is 0 Å². The third-order valence-corrected chi connectivity index (χ3v) is 4.38. The Morgan fingerprint density at radius 1 is 1.00 bits per heavy atom. The molecule has 23 heavy (non-hydrogen) atoms. The monoisotopic (exact) mass is 346 g/mol. The van der Waals surface area contributed by atoms with Crippen LogP contribution in [-0.2, 0) is 0 Å². The highest BCUT2D eigenvalue weighted by Crippen LogP contribution is 2.15. The van der Waals surface area contributed by atoms with Gasteiger partial charge in [-0.3, -0.25) is 0 Å². The van der Waals surface area contributed by atoms with Crippen molar-refractivity contribution in [2.24, 2.45) is 0 Å². The van der Waals surface area contributed by atoms with Crippen LogP contribution in [-0.4, -0.2) is 30.6 Å². The topological polar surface area (TPSA) is 33.3 Å². The smallest absolute Gasteiger partial charge is 0.166 e. The van der Waals surface area contributed by atoms with E-state index in [-0.39, 0.29) is 0 Å². The molecule has 0 bridgehead atoms. The van der Waals surface area contributed by atoms with Gasteiger partial charge in [-0.1, -0.05) is 35.9 Å². The molecule has 0 aliphatic carbocycles. The second kappa shape index (κ2) is 10.1. The molecule has 0 saturated carbocycles. The number of hydrogen-bond acceptors (Lipinski definition) is 3. The molecule has 0 aromatic heterocycles. The van der Waals surface area contributed by atoms with Crippen LogP contribution in [0.3, 0.4) is 0 Å². The van der Waals surface area contributed by atoms with Gasteiger partial charge >= 0.3 is 0 Å². The van der Waals surface area contributed by atoms with E-state index < -0.39 is 0 Å². The summed E-state index contributed by atoms with van der Waals surface area (Å²) in [5, 5.41) is 7.02. The first-order valence-corrected chi connectivity index (χ1v) is 9.02. The standard InChI is InChI=1S/C18H22N2OS2/c1-15-7-9-16(10-8-15)21-13-11-19-18(22)20-12-14-23-17-5-3-2-4-6-17/h2-10H,11-14H2,1H3,(H2,19,20,22). The van der Waals surface area contributed by atoms with Crippen LogP contribution < -0.4 is 15.4 Å². The van der Waals surface area contributed by atoms with Crippen LogP contribution in [0.4, 0.5) is 0 Å². The Morgan fingerprint density at radius 3 is 2.43 bits per heavy atom. The molecule has 0 atom stereocenters. The molecule has 0 unspecified atom stereocenters. The van der Waals surface area contributed by atoms with Crippen LogP contribution in [0.25, 0.3) is 0 Å². The lowest BCUT2D eigenvalue weighted by atomic mass is 10.2. The molecule has 3 nitrogen and oxygen atoms in total. The number of ether oxygens (including phenoxy) is 1. The molecule has 0 aliphatic heterocycles. The molecule has 0 saturated heterocycles. The normalized spacial score (nSPS) is 10.1. The van der Waals surface area contributed by atoms with Gasteiger partial charge in [0.05, 0.1) is 6.54 Å². The second-order valence-corrected chi connectivity index (χ2v) is 6.58. The summed E-state index contributed by atoms with van der Waals surface area (Å²) < 4.78 is 5.64. The molecular weight excluding hydrogens is 324 g/mol. The summed E-state index contributed by atoms with van der Waals surface area (Å²) in [5.74, 6) is 1.86. The highest BCUT2D eigenvalue weighted by Gasteiger charge is 1.97. The number of thioether (sulfide) groups is 1. The van der Waals surface area contributed by atoms with Crippen molar-refractivity contribution in [2.45, 2.75) is 11.8 Å². The number of benzene rings is 2. The van der Waals surface area contributed by atoms with Crippen molar-refractivity contribution >= 4 is 29.1 Å². The van der Waals surface area contributed by atoms with E-state index in [1.165, 1.54) is 10.5 Å². The number of aryl methyl sites for hydroxylation is 1. The second-order valence-electron chi connectivity index (χ2n) is 5.01. The average molecular weight is 347 g/mol. The minimum absolute atomic E-state index is 0.587. The van der Waals surface area contributed by atoms with E-state index in [1.54, 1.807) is 0 Å². The minimum atomic E-state index is 0.587. The molecule has 0 fully saturated rings. The van der Waals surface area contributed by atoms with Crippen molar-refractivity contribution in [1.82, 2.24) is 10.6 Å². The fourth-order valence-electron chi connectivity index (χ4n) is 1.88. The van der Waals surface area contributed by atoms with Gasteiger partial charge in [-0.15, -0.1) is 11.8 Å². The lowest BCUT2D eigenvalue weighted by molar-refractivity contribution is 0.322. The fourth-order valence-corrected chi connectivity index (χ4v) is 2.87. The Morgan fingerprint density at radius 2 is 1.70 bits per heavy atom. The molecule has 0 radical (unpaired) electrons. The third kappa shape index (κ3) is 7.39. The number of hydrogen-bond donors (Lipinski definition) is 2. The van der Waals surface area contributed by atoms with Crippen LogP contribution in [0.15, 0.2) is 59.5 Å². The molecule has 2 rings (SSSR count). The third-order valence-electron chi connectivity index (χ3n) is 3.08. The molecule has 5 heteroatoms. The van der Waals surface area contributed by atoms with Gasteiger partial charge in [0.25, 0.3) is 0 Å². The fraction of sp³-hybridized carbons (Fsp3) is 0.278. The van der Waals surface area contributed by atoms with E-state index in [9.17, 15) is 0 Å². The SMILES string of the molecule is Cc1ccc(OCCNC(=S)NCCSc2ccccc2)cc1. The Labute approximate surface area is 147 Å². The van der Waals surface area contributed by atoms with Crippen LogP contribution >= 0.6 is 24.0 Å². The molecule has 2 aromatic carbocycles. The van der Waals surface area contributed by atoms with E-state index in [0.717, 1.165) is 18.0 Å². The Hall–Kier alpha value is -1.72. The minimum Gasteiger partial charge on any atom is -0.492 e. The first-order chi connectivity index (χ1) is 11.2. The van der Waals surface area contributed by atoms with E-state index in [2.05, 4.69) is 41.8 Å². The van der Waals surface area contributed by atoms with Gasteiger partial charge in [0.1, 0.15) is 12.4 Å². The van der Waals surface area contributed by atoms with Crippen LogP contribution in [0.1, 0.15) is 5.56 Å². The van der Waals surface area contributed by atoms with Gasteiger partial charge in [-0.05, 0) is 43.4 Å². The maximum absolute atomic E-state index is 5.64. The van der Waals surface area contributed by atoms with Crippen molar-refractivity contribution in [1.29, 1.82) is 0 Å². The van der Waals surface area contributed by atoms with Gasteiger partial charge in [0, 0.05) is 17.2 Å². The molecular formula is C18H22N2OS2. The first kappa shape index (κ1) is 17.6. The summed E-state index contributed by atoms with van der Waals surface area (Å²) in [4.78, 5) is 1.28. The van der Waals surface area contributed by atoms with Crippen molar-refractivity contribution in [2.75, 3.05) is 25.4 Å². The Balaban J connectivity index is 1.51. The van der Waals surface area contributed by atoms with E-state index in [0.29, 0.717) is 18.3 Å². The largest absolute Gasteiger partial charge is 0.492 e. The van der Waals surface area contributed by atoms with Gasteiger partial charge < -0.3 is 15.4 Å². The summed E-state index contributed by atoms with van der Waals surface area (Å²) in [5.41, 5.74) is 1.23. The maximum Gasteiger partial charge on any atom is 0.166 e. The highest BCUT2D eigenvalue weighted by atomic mass is 32.2. The average Bonchev–Trinajstić information content (AvgIpc) is 2.58. The molecule has 2 N–H and O–H groups in total. The lowest BCUT2D eigenvalue weighted by Gasteiger charge is -2.11. The molecule has 0 amide bonds. The molecule has 2 aromatic rings. The van der Waals surface area contributed by atoms with E-state index in [4.69, 9.17) is 17.0 Å². The number of nitrogens with one attached hydrogen (secondary N) is 2. The Bertz CT molecular complexity index is 588. The zero-order valence-corrected chi connectivity index (χ0v) is 14.9. The summed E-state index contributed by atoms with van der Waals surface area (Å²) in [6, 6.07) is 18.4. The number of thiocarbonyl (C=S) groups is 1. The maximum atomic E-state index is 5.64. The van der Waals surface area contributed by atoms with Crippen LogP contribution in [0.2, 0.25) is 0 Å². The van der Waals surface area contributed by atoms with E-state index >= 15 is 0 Å². The van der Waals surface area contributed by atoms with E-state index in [1.807, 2.05) is 42.1 Å². The van der Waals surface area contributed by atoms with Gasteiger partial charge in [-0.25, -0.2) is 0 Å². The van der Waals surface area contributed by atoms with Crippen molar-refractivity contribution < 1.29 is 4.74 Å². The van der Waals surface area contributed by atoms with Gasteiger partial charge in [0.15, 0.2) is 5.11 Å². The van der Waals surface area contributed by atoms with Crippen molar-refractivity contribution in [3.8, 4) is 5.75 Å². The zero-order chi connectivity index (χ0) is 16.3. The quantitative estimate of drug-likeness (QED) is 0.433. The summed E-state index contributed by atoms with van der Waals surface area (Å²) in [6.07, 6.45) is 0. The zero-order valence-electron chi connectivity index (χ0n) is 13.2. The summed E-state index contributed by atoms with van der Waals surface area (Å²) >= 11 is 7.06. The molecule has 0 spiro atoms. The highest BCUT2D eigenvalue weighted by molar-refractivity contribution is 7.99. The lowest BCUT2D eigenvalue weighted by Crippen LogP contribution is -2.38. The predicted molar refractivity (Wildman–Crippen MR) is 102 cm³/mol. The van der Waals surface area contributed by atoms with Crippen LogP contribution in [0, 0.1) is 6.92 Å². The van der Waals surface area contributed by atoms with Gasteiger partial charge in [-0.2, -0.15) is 0 Å². The first-order valence-electron chi connectivity index (χ1n) is 7.63. The van der Waals surface area contributed by atoms with Gasteiger partial charge in [0.2, 0.25) is 0 Å².